The second kappa shape index (κ2) is 5.50. The average Bonchev–Trinajstić information content (AvgIpc) is 2.84. The Kier molecular flexibility index (Phi) is 3.72. The highest BCUT2D eigenvalue weighted by atomic mass is 32.2. The van der Waals surface area contributed by atoms with Gasteiger partial charge in [-0.25, -0.2) is 0 Å². The minimum atomic E-state index is 0.516. The summed E-state index contributed by atoms with van der Waals surface area (Å²) < 4.78 is 0. The van der Waals surface area contributed by atoms with Gasteiger partial charge < -0.3 is 0 Å². The molecule has 1 aliphatic carbocycles. The molecular weight excluding hydrogens is 262 g/mol. The molecule has 1 aliphatic heterocycles. The van der Waals surface area contributed by atoms with Gasteiger partial charge >= 0.3 is 0 Å². The number of thioether (sulfide) groups is 1. The Morgan fingerprint density at radius 3 is 2.70 bits per heavy atom. The summed E-state index contributed by atoms with van der Waals surface area (Å²) in [4.78, 5) is 1.51. The lowest BCUT2D eigenvalue weighted by Gasteiger charge is -2.24. The molecular formula is C18H19NS. The lowest BCUT2D eigenvalue weighted by Crippen LogP contribution is -2.18. The topological polar surface area (TPSA) is 23.8 Å². The summed E-state index contributed by atoms with van der Waals surface area (Å²) in [7, 11) is 0. The third kappa shape index (κ3) is 2.31. The number of benzene rings is 1. The van der Waals surface area contributed by atoms with Crippen LogP contribution in [0.2, 0.25) is 0 Å². The van der Waals surface area contributed by atoms with E-state index in [0.29, 0.717) is 17.1 Å². The maximum atomic E-state index is 8.89. The first-order valence-corrected chi connectivity index (χ1v) is 8.15. The van der Waals surface area contributed by atoms with Gasteiger partial charge in [0.2, 0.25) is 0 Å². The van der Waals surface area contributed by atoms with Gasteiger partial charge in [0.25, 0.3) is 0 Å². The van der Waals surface area contributed by atoms with Crippen LogP contribution in [0.5, 0.6) is 0 Å². The van der Waals surface area contributed by atoms with Crippen molar-refractivity contribution in [3.8, 4) is 6.07 Å². The molecule has 102 valence electrons. The van der Waals surface area contributed by atoms with Crippen molar-refractivity contribution in [2.45, 2.75) is 37.9 Å². The standard InChI is InChI=1S/C18H19NS/c1-12(15-9-7-14(11-19)8-10-15)18-13(2)16-5-3-4-6-17(16)20-18/h4,6-10,12-13,18H,3,5H2,1-2H3. The molecule has 2 heteroatoms. The van der Waals surface area contributed by atoms with Crippen LogP contribution in [0.15, 0.2) is 46.9 Å². The minimum absolute atomic E-state index is 0.516. The number of nitriles is 1. The van der Waals surface area contributed by atoms with Gasteiger partial charge in [-0.1, -0.05) is 43.7 Å². The highest BCUT2D eigenvalue weighted by molar-refractivity contribution is 8.04. The predicted molar refractivity (Wildman–Crippen MR) is 85.5 cm³/mol. The van der Waals surface area contributed by atoms with E-state index in [2.05, 4.69) is 44.2 Å². The van der Waals surface area contributed by atoms with E-state index in [4.69, 9.17) is 5.26 Å². The molecule has 0 fully saturated rings. The summed E-state index contributed by atoms with van der Waals surface area (Å²) in [6.45, 7) is 4.69. The molecule has 3 unspecified atom stereocenters. The van der Waals surface area contributed by atoms with Crippen molar-refractivity contribution in [3.63, 3.8) is 0 Å². The Morgan fingerprint density at radius 1 is 1.30 bits per heavy atom. The molecule has 1 heterocycles. The maximum absolute atomic E-state index is 8.89. The lowest BCUT2D eigenvalue weighted by atomic mass is 9.84. The molecule has 2 aliphatic rings. The number of allylic oxidation sites excluding steroid dienone is 3. The van der Waals surface area contributed by atoms with Gasteiger partial charge in [-0.2, -0.15) is 5.26 Å². The van der Waals surface area contributed by atoms with Crippen molar-refractivity contribution in [2.75, 3.05) is 0 Å². The zero-order valence-corrected chi connectivity index (χ0v) is 12.8. The molecule has 3 atom stereocenters. The van der Waals surface area contributed by atoms with Gasteiger partial charge in [-0.3, -0.25) is 0 Å². The average molecular weight is 281 g/mol. The third-order valence-corrected chi connectivity index (χ3v) is 6.27. The first-order chi connectivity index (χ1) is 9.70. The Morgan fingerprint density at radius 2 is 2.05 bits per heavy atom. The number of rotatable bonds is 2. The summed E-state index contributed by atoms with van der Waals surface area (Å²) >= 11 is 2.04. The van der Waals surface area contributed by atoms with Gasteiger partial charge in [-0.05, 0) is 42.4 Å². The van der Waals surface area contributed by atoms with E-state index >= 15 is 0 Å². The van der Waals surface area contributed by atoms with Crippen molar-refractivity contribution in [2.24, 2.45) is 5.92 Å². The minimum Gasteiger partial charge on any atom is -0.192 e. The van der Waals surface area contributed by atoms with E-state index in [9.17, 15) is 0 Å². The maximum Gasteiger partial charge on any atom is 0.0991 e. The van der Waals surface area contributed by atoms with Crippen LogP contribution in [0.4, 0.5) is 0 Å². The molecule has 0 amide bonds. The van der Waals surface area contributed by atoms with Crippen molar-refractivity contribution < 1.29 is 0 Å². The fourth-order valence-electron chi connectivity index (χ4n) is 3.26. The highest BCUT2D eigenvalue weighted by Gasteiger charge is 2.35. The zero-order valence-electron chi connectivity index (χ0n) is 12.0. The molecule has 20 heavy (non-hydrogen) atoms. The van der Waals surface area contributed by atoms with Gasteiger partial charge in [0.05, 0.1) is 11.6 Å². The van der Waals surface area contributed by atoms with E-state index in [1.807, 2.05) is 23.9 Å². The van der Waals surface area contributed by atoms with Gasteiger partial charge in [0, 0.05) is 10.2 Å². The smallest absolute Gasteiger partial charge is 0.0991 e. The van der Waals surface area contributed by atoms with Crippen LogP contribution in [-0.2, 0) is 0 Å². The number of nitrogens with zero attached hydrogens (tertiary/aromatic N) is 1. The molecule has 0 saturated carbocycles. The van der Waals surface area contributed by atoms with Crippen LogP contribution in [-0.4, -0.2) is 5.25 Å². The largest absolute Gasteiger partial charge is 0.192 e. The summed E-state index contributed by atoms with van der Waals surface area (Å²) in [6, 6.07) is 10.3. The van der Waals surface area contributed by atoms with Crippen LogP contribution in [0.3, 0.4) is 0 Å². The van der Waals surface area contributed by atoms with Gasteiger partial charge in [0.1, 0.15) is 0 Å². The molecule has 1 aromatic carbocycles. The number of hydrogen-bond acceptors (Lipinski definition) is 2. The van der Waals surface area contributed by atoms with Crippen LogP contribution in [0.25, 0.3) is 0 Å². The van der Waals surface area contributed by atoms with Crippen LogP contribution >= 0.6 is 11.8 Å². The van der Waals surface area contributed by atoms with Crippen LogP contribution in [0.1, 0.15) is 43.7 Å². The second-order valence-corrected chi connectivity index (χ2v) is 6.94. The SMILES string of the molecule is CC1C2=C(C=CCC2)SC1C(C)c1ccc(C#N)cc1. The van der Waals surface area contributed by atoms with E-state index in [1.54, 1.807) is 5.57 Å². The first kappa shape index (κ1) is 13.5. The third-order valence-electron chi connectivity index (χ3n) is 4.53. The molecule has 0 spiro atoms. The quantitative estimate of drug-likeness (QED) is 0.760. The van der Waals surface area contributed by atoms with Crippen molar-refractivity contribution in [1.29, 1.82) is 5.26 Å². The summed E-state index contributed by atoms with van der Waals surface area (Å²) in [5, 5.41) is 9.51. The number of hydrogen-bond donors (Lipinski definition) is 0. The zero-order chi connectivity index (χ0) is 14.1. The summed E-state index contributed by atoms with van der Waals surface area (Å²) in [6.07, 6.45) is 7.04. The molecule has 0 bridgehead atoms. The van der Waals surface area contributed by atoms with Crippen molar-refractivity contribution in [1.82, 2.24) is 0 Å². The molecule has 0 saturated heterocycles. The van der Waals surface area contributed by atoms with E-state index < -0.39 is 0 Å². The molecule has 0 aromatic heterocycles. The Bertz CT molecular complexity index is 603. The monoisotopic (exact) mass is 281 g/mol. The fraction of sp³-hybridized carbons (Fsp3) is 0.389. The van der Waals surface area contributed by atoms with Crippen molar-refractivity contribution in [3.05, 3.63) is 58.0 Å². The van der Waals surface area contributed by atoms with E-state index in [-0.39, 0.29) is 0 Å². The van der Waals surface area contributed by atoms with Gasteiger partial charge in [0.15, 0.2) is 0 Å². The van der Waals surface area contributed by atoms with Crippen LogP contribution < -0.4 is 0 Å². The summed E-state index contributed by atoms with van der Waals surface area (Å²) in [5.41, 5.74) is 3.74. The Hall–Kier alpha value is -1.46. The predicted octanol–water partition coefficient (Wildman–Crippen LogP) is 5.02. The fourth-order valence-corrected chi connectivity index (χ4v) is 4.90. The van der Waals surface area contributed by atoms with Crippen LogP contribution in [0, 0.1) is 17.2 Å². The molecule has 0 radical (unpaired) electrons. The highest BCUT2D eigenvalue weighted by Crippen LogP contribution is 2.50. The van der Waals surface area contributed by atoms with E-state index in [0.717, 1.165) is 5.56 Å². The van der Waals surface area contributed by atoms with E-state index in [1.165, 1.54) is 23.3 Å². The van der Waals surface area contributed by atoms with Crippen molar-refractivity contribution >= 4 is 11.8 Å². The molecule has 1 nitrogen and oxygen atoms in total. The normalized spacial score (nSPS) is 26.2. The molecule has 1 aromatic rings. The lowest BCUT2D eigenvalue weighted by molar-refractivity contribution is 0.556. The first-order valence-electron chi connectivity index (χ1n) is 7.27. The molecule has 3 rings (SSSR count). The summed E-state index contributed by atoms with van der Waals surface area (Å²) in [5.74, 6) is 1.17. The second-order valence-electron chi connectivity index (χ2n) is 5.72. The Labute approximate surface area is 125 Å². The molecule has 0 N–H and O–H groups in total. The Balaban J connectivity index is 1.80. The van der Waals surface area contributed by atoms with Gasteiger partial charge in [-0.15, -0.1) is 11.8 Å².